The van der Waals surface area contributed by atoms with Crippen molar-refractivity contribution in [1.82, 2.24) is 9.71 Å². The summed E-state index contributed by atoms with van der Waals surface area (Å²) in [5, 5.41) is 9.66. The van der Waals surface area contributed by atoms with Crippen LogP contribution in [0.5, 0.6) is 0 Å². The van der Waals surface area contributed by atoms with E-state index in [2.05, 4.69) is 9.71 Å². The Balaban J connectivity index is 2.95. The van der Waals surface area contributed by atoms with Crippen LogP contribution in [0.4, 0.5) is 0 Å². The third-order valence-electron chi connectivity index (χ3n) is 1.67. The molecule has 1 aromatic heterocycles. The summed E-state index contributed by atoms with van der Waals surface area (Å²) in [6, 6.07) is 0. The summed E-state index contributed by atoms with van der Waals surface area (Å²) in [5.41, 5.74) is -0.864. The molecule has 0 atom stereocenters. The molecule has 5 nitrogen and oxygen atoms in total. The maximum absolute atomic E-state index is 11.8. The average Bonchev–Trinajstić information content (AvgIpc) is 2.51. The van der Waals surface area contributed by atoms with Gasteiger partial charge in [0.1, 0.15) is 0 Å². The molecule has 0 saturated carbocycles. The number of sulfonamides is 1. The molecule has 0 radical (unpaired) electrons. The topological polar surface area (TPSA) is 79.3 Å². The Morgan fingerprint density at radius 1 is 1.60 bits per heavy atom. The van der Waals surface area contributed by atoms with Crippen LogP contribution in [0.3, 0.4) is 0 Å². The zero-order chi connectivity index (χ0) is 11.7. The number of nitrogens with one attached hydrogen (secondary N) is 1. The lowest BCUT2D eigenvalue weighted by atomic mass is 10.1. The Bertz CT molecular complexity index is 436. The van der Waals surface area contributed by atoms with Crippen molar-refractivity contribution >= 4 is 21.4 Å². The summed E-state index contributed by atoms with van der Waals surface area (Å²) in [6.07, 6.45) is 1.32. The second-order valence-electron chi connectivity index (χ2n) is 3.85. The van der Waals surface area contributed by atoms with E-state index < -0.39 is 15.6 Å². The molecule has 0 unspecified atom stereocenters. The number of rotatable bonds is 4. The standard InChI is InChI=1S/C8H14N2O3S2/c1-6-9-4-7(14-6)15(12,13)10-8(2,3)5-11/h4,10-11H,5H2,1-3H3. The lowest BCUT2D eigenvalue weighted by Crippen LogP contribution is -2.45. The van der Waals surface area contributed by atoms with Crippen LogP contribution in [0.1, 0.15) is 18.9 Å². The highest BCUT2D eigenvalue weighted by Gasteiger charge is 2.26. The van der Waals surface area contributed by atoms with Crippen LogP contribution >= 0.6 is 11.3 Å². The van der Waals surface area contributed by atoms with Gasteiger partial charge in [0, 0.05) is 0 Å². The predicted molar refractivity (Wildman–Crippen MR) is 58.3 cm³/mol. The van der Waals surface area contributed by atoms with E-state index in [1.807, 2.05) is 0 Å². The number of aliphatic hydroxyl groups is 1. The van der Waals surface area contributed by atoms with Gasteiger partial charge in [-0.3, -0.25) is 0 Å². The van der Waals surface area contributed by atoms with E-state index in [1.165, 1.54) is 6.20 Å². The molecule has 0 amide bonds. The quantitative estimate of drug-likeness (QED) is 0.815. The summed E-state index contributed by atoms with van der Waals surface area (Å²) in [6.45, 7) is 4.70. The van der Waals surface area contributed by atoms with Gasteiger partial charge in [-0.2, -0.15) is 0 Å². The summed E-state index contributed by atoms with van der Waals surface area (Å²) in [4.78, 5) is 3.88. The van der Waals surface area contributed by atoms with Gasteiger partial charge in [-0.05, 0) is 20.8 Å². The number of hydrogen-bond acceptors (Lipinski definition) is 5. The average molecular weight is 250 g/mol. The van der Waals surface area contributed by atoms with Crippen LogP contribution in [0.15, 0.2) is 10.4 Å². The first-order valence-corrected chi connectivity index (χ1v) is 6.64. The van der Waals surface area contributed by atoms with Crippen molar-refractivity contribution in [3.05, 3.63) is 11.2 Å². The minimum Gasteiger partial charge on any atom is -0.394 e. The smallest absolute Gasteiger partial charge is 0.252 e. The van der Waals surface area contributed by atoms with Crippen molar-refractivity contribution in [3.63, 3.8) is 0 Å². The Morgan fingerprint density at radius 3 is 2.60 bits per heavy atom. The lowest BCUT2D eigenvalue weighted by Gasteiger charge is -2.22. The number of thiazole rings is 1. The Labute approximate surface area is 93.2 Å². The highest BCUT2D eigenvalue weighted by Crippen LogP contribution is 2.19. The largest absolute Gasteiger partial charge is 0.394 e. The molecule has 2 N–H and O–H groups in total. The molecule has 0 aliphatic rings. The third-order valence-corrected chi connectivity index (χ3v) is 4.74. The van der Waals surface area contributed by atoms with Gasteiger partial charge in [-0.1, -0.05) is 0 Å². The predicted octanol–water partition coefficient (Wildman–Crippen LogP) is 0.501. The van der Waals surface area contributed by atoms with Gasteiger partial charge in [0.2, 0.25) is 0 Å². The van der Waals surface area contributed by atoms with Gasteiger partial charge in [0.15, 0.2) is 4.21 Å². The second-order valence-corrected chi connectivity index (χ2v) is 6.99. The number of aromatic nitrogens is 1. The lowest BCUT2D eigenvalue weighted by molar-refractivity contribution is 0.208. The summed E-state index contributed by atoms with van der Waals surface area (Å²) in [5.74, 6) is 0. The Morgan fingerprint density at radius 2 is 2.20 bits per heavy atom. The van der Waals surface area contributed by atoms with Crippen molar-refractivity contribution in [2.24, 2.45) is 0 Å². The fraction of sp³-hybridized carbons (Fsp3) is 0.625. The third kappa shape index (κ3) is 3.23. The highest BCUT2D eigenvalue weighted by atomic mass is 32.2. The van der Waals surface area contributed by atoms with Crippen molar-refractivity contribution in [2.45, 2.75) is 30.5 Å². The molecule has 86 valence electrons. The summed E-state index contributed by atoms with van der Waals surface area (Å²) in [7, 11) is -3.56. The van der Waals surface area contributed by atoms with E-state index in [1.54, 1.807) is 20.8 Å². The first-order valence-electron chi connectivity index (χ1n) is 4.34. The van der Waals surface area contributed by atoms with Gasteiger partial charge in [-0.25, -0.2) is 18.1 Å². The normalized spacial score (nSPS) is 13.1. The SMILES string of the molecule is Cc1ncc(S(=O)(=O)NC(C)(C)CO)s1. The van der Waals surface area contributed by atoms with Crippen molar-refractivity contribution < 1.29 is 13.5 Å². The molecule has 0 bridgehead atoms. The molecular formula is C8H14N2O3S2. The number of aliphatic hydroxyl groups excluding tert-OH is 1. The van der Waals surface area contributed by atoms with E-state index in [0.717, 1.165) is 11.3 Å². The van der Waals surface area contributed by atoms with Gasteiger partial charge in [0.05, 0.1) is 23.4 Å². The molecule has 7 heteroatoms. The molecule has 0 spiro atoms. The van der Waals surface area contributed by atoms with Crippen molar-refractivity contribution in [3.8, 4) is 0 Å². The minimum absolute atomic E-state index is 0.168. The monoisotopic (exact) mass is 250 g/mol. The van der Waals surface area contributed by atoms with E-state index >= 15 is 0 Å². The molecular weight excluding hydrogens is 236 g/mol. The van der Waals surface area contributed by atoms with Crippen molar-refractivity contribution in [2.75, 3.05) is 6.61 Å². The first kappa shape index (κ1) is 12.6. The fourth-order valence-electron chi connectivity index (χ4n) is 0.912. The number of nitrogens with zero attached hydrogens (tertiary/aromatic N) is 1. The Hall–Kier alpha value is -0.500. The molecule has 1 rings (SSSR count). The summed E-state index contributed by atoms with van der Waals surface area (Å²) < 4.78 is 26.1. The van der Waals surface area contributed by atoms with Crippen LogP contribution in [-0.2, 0) is 10.0 Å². The fourth-order valence-corrected chi connectivity index (χ4v) is 3.42. The maximum atomic E-state index is 11.8. The first-order chi connectivity index (χ1) is 6.77. The van der Waals surface area contributed by atoms with E-state index in [-0.39, 0.29) is 10.8 Å². The van der Waals surface area contributed by atoms with Gasteiger partial charge < -0.3 is 5.11 Å². The van der Waals surface area contributed by atoms with E-state index in [0.29, 0.717) is 5.01 Å². The molecule has 0 aromatic carbocycles. The van der Waals surface area contributed by atoms with E-state index in [4.69, 9.17) is 5.11 Å². The maximum Gasteiger partial charge on any atom is 0.252 e. The summed E-state index contributed by atoms with van der Waals surface area (Å²) >= 11 is 1.10. The number of aryl methyl sites for hydroxylation is 1. The van der Waals surface area contributed by atoms with Crippen LogP contribution in [0, 0.1) is 6.92 Å². The number of hydrogen-bond donors (Lipinski definition) is 2. The molecule has 0 aliphatic heterocycles. The molecule has 1 aromatic rings. The molecule has 0 saturated heterocycles. The van der Waals surface area contributed by atoms with Crippen LogP contribution in [0.25, 0.3) is 0 Å². The molecule has 0 aliphatic carbocycles. The van der Waals surface area contributed by atoms with Gasteiger partial charge in [-0.15, -0.1) is 11.3 Å². The minimum atomic E-state index is -3.56. The van der Waals surface area contributed by atoms with Gasteiger partial charge >= 0.3 is 0 Å². The second kappa shape index (κ2) is 4.17. The van der Waals surface area contributed by atoms with E-state index in [9.17, 15) is 8.42 Å². The van der Waals surface area contributed by atoms with Crippen molar-refractivity contribution in [1.29, 1.82) is 0 Å². The Kier molecular flexibility index (Phi) is 3.49. The molecule has 0 fully saturated rings. The zero-order valence-corrected chi connectivity index (χ0v) is 10.4. The van der Waals surface area contributed by atoms with Gasteiger partial charge in [0.25, 0.3) is 10.0 Å². The zero-order valence-electron chi connectivity index (χ0n) is 8.81. The van der Waals surface area contributed by atoms with Crippen LogP contribution < -0.4 is 4.72 Å². The molecule has 1 heterocycles. The van der Waals surface area contributed by atoms with Crippen LogP contribution in [-0.4, -0.2) is 30.7 Å². The highest BCUT2D eigenvalue weighted by molar-refractivity contribution is 7.91. The van der Waals surface area contributed by atoms with Crippen LogP contribution in [0.2, 0.25) is 0 Å². The molecule has 15 heavy (non-hydrogen) atoms.